The third kappa shape index (κ3) is 3.21. The molecule has 0 bridgehead atoms. The summed E-state index contributed by atoms with van der Waals surface area (Å²) in [6, 6.07) is 6.90. The number of carbonyl (C=O) groups is 3. The van der Waals surface area contributed by atoms with Crippen LogP contribution in [0.2, 0.25) is 0 Å². The average molecular weight is 288 g/mol. The van der Waals surface area contributed by atoms with E-state index in [1.165, 1.54) is 0 Å². The minimum atomic E-state index is -0.928. The van der Waals surface area contributed by atoms with E-state index in [0.717, 1.165) is 12.8 Å². The van der Waals surface area contributed by atoms with E-state index in [1.807, 2.05) is 0 Å². The summed E-state index contributed by atoms with van der Waals surface area (Å²) < 4.78 is 0. The molecule has 0 aromatic heterocycles. The standard InChI is InChI=1S/C15H16N2O4/c18-13(16-10-5-6-10)8-1-3-9(4-2-8)17-14(19)11-7-12(11)15(20)21/h1-4,10-12H,5-7H2,(H,16,18)(H,17,19)(H,20,21). The van der Waals surface area contributed by atoms with Crippen LogP contribution in [-0.4, -0.2) is 28.9 Å². The van der Waals surface area contributed by atoms with E-state index in [-0.39, 0.29) is 11.8 Å². The maximum atomic E-state index is 11.8. The molecule has 3 rings (SSSR count). The monoisotopic (exact) mass is 288 g/mol. The Labute approximate surface area is 121 Å². The summed E-state index contributed by atoms with van der Waals surface area (Å²) >= 11 is 0. The van der Waals surface area contributed by atoms with Gasteiger partial charge in [-0.15, -0.1) is 0 Å². The van der Waals surface area contributed by atoms with Gasteiger partial charge in [0.25, 0.3) is 5.91 Å². The molecule has 2 aliphatic rings. The Bertz CT molecular complexity index is 592. The zero-order chi connectivity index (χ0) is 15.0. The molecule has 0 saturated heterocycles. The van der Waals surface area contributed by atoms with Crippen LogP contribution >= 0.6 is 0 Å². The van der Waals surface area contributed by atoms with Crippen molar-refractivity contribution in [2.24, 2.45) is 11.8 Å². The normalized spacial score (nSPS) is 23.2. The van der Waals surface area contributed by atoms with Crippen molar-refractivity contribution in [1.29, 1.82) is 0 Å². The van der Waals surface area contributed by atoms with Gasteiger partial charge in [0, 0.05) is 17.3 Å². The highest BCUT2D eigenvalue weighted by atomic mass is 16.4. The van der Waals surface area contributed by atoms with E-state index in [0.29, 0.717) is 23.7 Å². The molecular formula is C15H16N2O4. The maximum Gasteiger partial charge on any atom is 0.307 e. The Balaban J connectivity index is 1.55. The molecule has 6 heteroatoms. The molecule has 1 aromatic carbocycles. The van der Waals surface area contributed by atoms with E-state index >= 15 is 0 Å². The third-order valence-corrected chi connectivity index (χ3v) is 3.77. The van der Waals surface area contributed by atoms with Gasteiger partial charge >= 0.3 is 5.97 Å². The highest BCUT2D eigenvalue weighted by Crippen LogP contribution is 2.39. The number of aliphatic carboxylic acids is 1. The number of carboxylic acid groups (broad SMARTS) is 1. The molecule has 0 radical (unpaired) electrons. The van der Waals surface area contributed by atoms with Gasteiger partial charge in [0.2, 0.25) is 5.91 Å². The number of rotatable bonds is 5. The average Bonchev–Trinajstić information content (AvgIpc) is 3.33. The first kappa shape index (κ1) is 13.6. The second kappa shape index (κ2) is 5.20. The van der Waals surface area contributed by atoms with Gasteiger partial charge in [-0.1, -0.05) is 0 Å². The van der Waals surface area contributed by atoms with Crippen LogP contribution in [0.15, 0.2) is 24.3 Å². The van der Waals surface area contributed by atoms with E-state index in [9.17, 15) is 14.4 Å². The lowest BCUT2D eigenvalue weighted by molar-refractivity contribution is -0.139. The molecule has 0 aliphatic heterocycles. The minimum absolute atomic E-state index is 0.108. The van der Waals surface area contributed by atoms with Crippen molar-refractivity contribution >= 4 is 23.5 Å². The molecule has 1 aromatic rings. The Hall–Kier alpha value is -2.37. The Morgan fingerprint density at radius 2 is 1.71 bits per heavy atom. The molecule has 2 saturated carbocycles. The van der Waals surface area contributed by atoms with Gasteiger partial charge in [-0.05, 0) is 43.5 Å². The fraction of sp³-hybridized carbons (Fsp3) is 0.400. The second-order valence-electron chi connectivity index (χ2n) is 5.60. The Morgan fingerprint density at radius 3 is 2.24 bits per heavy atom. The predicted molar refractivity (Wildman–Crippen MR) is 74.8 cm³/mol. The number of carboxylic acids is 1. The van der Waals surface area contributed by atoms with E-state index in [4.69, 9.17) is 5.11 Å². The molecular weight excluding hydrogens is 272 g/mol. The van der Waals surface area contributed by atoms with Crippen molar-refractivity contribution in [3.63, 3.8) is 0 Å². The van der Waals surface area contributed by atoms with Crippen LogP contribution < -0.4 is 10.6 Å². The van der Waals surface area contributed by atoms with Gasteiger partial charge in [0.1, 0.15) is 0 Å². The first-order valence-electron chi connectivity index (χ1n) is 6.99. The lowest BCUT2D eigenvalue weighted by atomic mass is 10.2. The summed E-state index contributed by atoms with van der Waals surface area (Å²) in [6.45, 7) is 0. The van der Waals surface area contributed by atoms with Crippen LogP contribution in [0.4, 0.5) is 5.69 Å². The summed E-state index contributed by atoms with van der Waals surface area (Å²) in [7, 11) is 0. The van der Waals surface area contributed by atoms with Crippen molar-refractivity contribution in [2.75, 3.05) is 5.32 Å². The quantitative estimate of drug-likeness (QED) is 0.759. The molecule has 0 spiro atoms. The van der Waals surface area contributed by atoms with Gasteiger partial charge in [-0.25, -0.2) is 0 Å². The van der Waals surface area contributed by atoms with Gasteiger partial charge in [-0.2, -0.15) is 0 Å². The number of hydrogen-bond donors (Lipinski definition) is 3. The first-order valence-corrected chi connectivity index (χ1v) is 6.99. The van der Waals surface area contributed by atoms with Crippen molar-refractivity contribution in [1.82, 2.24) is 5.32 Å². The SMILES string of the molecule is O=C(NC1CC1)c1ccc(NC(=O)C2CC2C(=O)O)cc1. The number of nitrogens with one attached hydrogen (secondary N) is 2. The van der Waals surface area contributed by atoms with Crippen LogP contribution in [0.3, 0.4) is 0 Å². The van der Waals surface area contributed by atoms with E-state index < -0.39 is 17.8 Å². The van der Waals surface area contributed by atoms with Gasteiger partial charge in [-0.3, -0.25) is 14.4 Å². The molecule has 0 heterocycles. The highest BCUT2D eigenvalue weighted by Gasteiger charge is 2.48. The molecule has 21 heavy (non-hydrogen) atoms. The number of amides is 2. The van der Waals surface area contributed by atoms with Crippen molar-refractivity contribution in [3.8, 4) is 0 Å². The van der Waals surface area contributed by atoms with Gasteiger partial charge in [0.15, 0.2) is 0 Å². The number of anilines is 1. The zero-order valence-corrected chi connectivity index (χ0v) is 11.3. The number of benzene rings is 1. The van der Waals surface area contributed by atoms with E-state index in [2.05, 4.69) is 10.6 Å². The van der Waals surface area contributed by atoms with Crippen LogP contribution in [0, 0.1) is 11.8 Å². The molecule has 2 aliphatic carbocycles. The fourth-order valence-corrected chi connectivity index (χ4v) is 2.19. The highest BCUT2D eigenvalue weighted by molar-refractivity contribution is 5.99. The summed E-state index contributed by atoms with van der Waals surface area (Å²) in [4.78, 5) is 34.3. The molecule has 3 N–H and O–H groups in total. The smallest absolute Gasteiger partial charge is 0.307 e. The van der Waals surface area contributed by atoms with Crippen LogP contribution in [-0.2, 0) is 9.59 Å². The molecule has 2 fully saturated rings. The summed E-state index contributed by atoms with van der Waals surface area (Å²) in [5, 5.41) is 14.3. The molecule has 2 unspecified atom stereocenters. The first-order chi connectivity index (χ1) is 10.0. The predicted octanol–water partition coefficient (Wildman–Crippen LogP) is 1.24. The summed E-state index contributed by atoms with van der Waals surface area (Å²) in [6.07, 6.45) is 2.46. The van der Waals surface area contributed by atoms with Crippen LogP contribution in [0.5, 0.6) is 0 Å². The van der Waals surface area contributed by atoms with Crippen molar-refractivity contribution in [3.05, 3.63) is 29.8 Å². The number of carbonyl (C=O) groups excluding carboxylic acids is 2. The lowest BCUT2D eigenvalue weighted by Crippen LogP contribution is -2.25. The van der Waals surface area contributed by atoms with Crippen LogP contribution in [0.25, 0.3) is 0 Å². The zero-order valence-electron chi connectivity index (χ0n) is 11.3. The second-order valence-corrected chi connectivity index (χ2v) is 5.60. The maximum absolute atomic E-state index is 11.8. The lowest BCUT2D eigenvalue weighted by Gasteiger charge is -2.06. The number of hydrogen-bond acceptors (Lipinski definition) is 3. The molecule has 2 atom stereocenters. The van der Waals surface area contributed by atoms with Gasteiger partial charge < -0.3 is 15.7 Å². The molecule has 2 amide bonds. The Kier molecular flexibility index (Phi) is 3.37. The minimum Gasteiger partial charge on any atom is -0.481 e. The molecule has 110 valence electrons. The van der Waals surface area contributed by atoms with Crippen molar-refractivity contribution in [2.45, 2.75) is 25.3 Å². The summed E-state index contributed by atoms with van der Waals surface area (Å²) in [5.74, 6) is -2.32. The third-order valence-electron chi connectivity index (χ3n) is 3.77. The van der Waals surface area contributed by atoms with Crippen LogP contribution in [0.1, 0.15) is 29.6 Å². The fourth-order valence-electron chi connectivity index (χ4n) is 2.19. The Morgan fingerprint density at radius 1 is 1.05 bits per heavy atom. The van der Waals surface area contributed by atoms with Gasteiger partial charge in [0.05, 0.1) is 11.8 Å². The summed E-state index contributed by atoms with van der Waals surface area (Å²) in [5.41, 5.74) is 1.12. The van der Waals surface area contributed by atoms with Crippen molar-refractivity contribution < 1.29 is 19.5 Å². The topological polar surface area (TPSA) is 95.5 Å². The van der Waals surface area contributed by atoms with E-state index in [1.54, 1.807) is 24.3 Å². The molecule has 6 nitrogen and oxygen atoms in total. The largest absolute Gasteiger partial charge is 0.481 e.